The summed E-state index contributed by atoms with van der Waals surface area (Å²) in [5.41, 5.74) is 0.897. The average Bonchev–Trinajstić information content (AvgIpc) is 2.86. The molecule has 0 atom stereocenters. The maximum absolute atomic E-state index is 12.1. The lowest BCUT2D eigenvalue weighted by Crippen LogP contribution is -2.06. The summed E-state index contributed by atoms with van der Waals surface area (Å²) >= 11 is 6.31. The molecule has 1 aromatic heterocycles. The first-order valence-electron chi connectivity index (χ1n) is 8.18. The van der Waals surface area contributed by atoms with E-state index in [-0.39, 0.29) is 17.2 Å². The van der Waals surface area contributed by atoms with Gasteiger partial charge in [-0.3, -0.25) is 14.8 Å². The molecule has 0 spiro atoms. The molecule has 144 valence electrons. The molecular weight excluding hydrogens is 374 g/mol. The minimum Gasteiger partial charge on any atom is -0.496 e. The summed E-state index contributed by atoms with van der Waals surface area (Å²) in [5.74, 6) is -0.291. The number of carbonyl (C=O) groups is 1. The quantitative estimate of drug-likeness (QED) is 0.231. The number of aryl methyl sites for hydroxylation is 1. The van der Waals surface area contributed by atoms with E-state index in [0.29, 0.717) is 28.9 Å². The molecule has 0 saturated carbocycles. The van der Waals surface area contributed by atoms with Gasteiger partial charge in [-0.25, -0.2) is 4.79 Å². The van der Waals surface area contributed by atoms with E-state index in [1.54, 1.807) is 11.6 Å². The van der Waals surface area contributed by atoms with Gasteiger partial charge < -0.3 is 9.47 Å². The number of hydrogen-bond acceptors (Lipinski definition) is 6. The van der Waals surface area contributed by atoms with E-state index in [0.717, 1.165) is 6.08 Å². The van der Waals surface area contributed by atoms with Crippen LogP contribution in [0.5, 0.6) is 11.5 Å². The lowest BCUT2D eigenvalue weighted by atomic mass is 10.2. The van der Waals surface area contributed by atoms with Gasteiger partial charge in [-0.2, -0.15) is 5.10 Å². The van der Waals surface area contributed by atoms with Crippen molar-refractivity contribution in [3.8, 4) is 11.5 Å². The number of hydrogen-bond donors (Lipinski definition) is 0. The van der Waals surface area contributed by atoms with Crippen molar-refractivity contribution in [2.45, 2.75) is 27.3 Å². The van der Waals surface area contributed by atoms with Crippen LogP contribution in [0.15, 0.2) is 24.3 Å². The van der Waals surface area contributed by atoms with E-state index < -0.39 is 10.9 Å². The van der Waals surface area contributed by atoms with Crippen molar-refractivity contribution in [3.05, 3.63) is 50.8 Å². The normalized spacial score (nSPS) is 11.2. The lowest BCUT2D eigenvalue weighted by molar-refractivity contribution is -0.385. The van der Waals surface area contributed by atoms with Crippen LogP contribution in [0.4, 0.5) is 5.69 Å². The van der Waals surface area contributed by atoms with Crippen LogP contribution in [-0.4, -0.2) is 27.8 Å². The summed E-state index contributed by atoms with van der Waals surface area (Å²) < 4.78 is 11.7. The Bertz CT molecular complexity index is 889. The molecule has 2 rings (SSSR count). The molecule has 0 saturated heterocycles. The summed E-state index contributed by atoms with van der Waals surface area (Å²) in [7, 11) is 1.39. The maximum Gasteiger partial charge on any atom is 0.336 e. The van der Waals surface area contributed by atoms with Crippen LogP contribution >= 0.6 is 11.6 Å². The number of ether oxygens (including phenoxy) is 2. The smallest absolute Gasteiger partial charge is 0.336 e. The first kappa shape index (κ1) is 20.4. The van der Waals surface area contributed by atoms with E-state index in [1.165, 1.54) is 31.4 Å². The molecule has 0 fully saturated rings. The fraction of sp³-hybridized carbons (Fsp3) is 0.333. The van der Waals surface area contributed by atoms with Crippen LogP contribution in [0.1, 0.15) is 25.1 Å². The monoisotopic (exact) mass is 393 g/mol. The zero-order valence-corrected chi connectivity index (χ0v) is 16.2. The third-order valence-electron chi connectivity index (χ3n) is 3.61. The highest BCUT2D eigenvalue weighted by molar-refractivity contribution is 6.31. The van der Waals surface area contributed by atoms with Crippen LogP contribution in [-0.2, 0) is 11.3 Å². The molecule has 0 unspecified atom stereocenters. The first-order chi connectivity index (χ1) is 12.7. The van der Waals surface area contributed by atoms with Crippen molar-refractivity contribution in [2.24, 2.45) is 5.92 Å². The SMILES string of the molecule is COc1ccc(OC(=O)C=Cc2c(C)nn(CC(C)C)c2Cl)c([N+](=O)[O-])c1. The second-order valence-corrected chi connectivity index (χ2v) is 6.57. The van der Waals surface area contributed by atoms with Gasteiger partial charge in [0.1, 0.15) is 10.9 Å². The predicted molar refractivity (Wildman–Crippen MR) is 101 cm³/mol. The first-order valence-corrected chi connectivity index (χ1v) is 8.56. The second kappa shape index (κ2) is 8.68. The topological polar surface area (TPSA) is 96.5 Å². The van der Waals surface area contributed by atoms with Gasteiger partial charge in [-0.05, 0) is 31.1 Å². The Hall–Kier alpha value is -2.87. The zero-order chi connectivity index (χ0) is 20.1. The summed E-state index contributed by atoms with van der Waals surface area (Å²) in [5, 5.41) is 15.9. The van der Waals surface area contributed by atoms with E-state index >= 15 is 0 Å². The average molecular weight is 394 g/mol. The molecule has 9 heteroatoms. The van der Waals surface area contributed by atoms with Gasteiger partial charge in [-0.1, -0.05) is 25.4 Å². The Morgan fingerprint density at radius 2 is 2.15 bits per heavy atom. The molecule has 1 aromatic carbocycles. The van der Waals surface area contributed by atoms with Crippen molar-refractivity contribution in [2.75, 3.05) is 7.11 Å². The molecule has 1 heterocycles. The van der Waals surface area contributed by atoms with Gasteiger partial charge >= 0.3 is 11.7 Å². The Labute approximate surface area is 161 Å². The highest BCUT2D eigenvalue weighted by atomic mass is 35.5. The number of halogens is 1. The van der Waals surface area contributed by atoms with Crippen molar-refractivity contribution >= 4 is 29.3 Å². The van der Waals surface area contributed by atoms with E-state index in [9.17, 15) is 14.9 Å². The number of benzene rings is 1. The summed E-state index contributed by atoms with van der Waals surface area (Å²) in [4.78, 5) is 22.6. The Morgan fingerprint density at radius 3 is 2.74 bits per heavy atom. The highest BCUT2D eigenvalue weighted by Gasteiger charge is 2.19. The van der Waals surface area contributed by atoms with Crippen molar-refractivity contribution in [1.82, 2.24) is 9.78 Å². The summed E-state index contributed by atoms with van der Waals surface area (Å²) in [6.45, 7) is 6.52. The lowest BCUT2D eigenvalue weighted by Gasteiger charge is -2.05. The van der Waals surface area contributed by atoms with Gasteiger partial charge in [0.25, 0.3) is 0 Å². The van der Waals surface area contributed by atoms with Crippen molar-refractivity contribution < 1.29 is 19.2 Å². The van der Waals surface area contributed by atoms with Crippen molar-refractivity contribution in [1.29, 1.82) is 0 Å². The van der Waals surface area contributed by atoms with Gasteiger partial charge in [-0.15, -0.1) is 0 Å². The van der Waals surface area contributed by atoms with Gasteiger partial charge in [0.2, 0.25) is 5.75 Å². The number of esters is 1. The number of rotatable bonds is 7. The minimum atomic E-state index is -0.768. The van der Waals surface area contributed by atoms with Gasteiger partial charge in [0, 0.05) is 18.2 Å². The van der Waals surface area contributed by atoms with Crippen LogP contribution in [0.2, 0.25) is 5.15 Å². The molecule has 0 N–H and O–H groups in total. The molecule has 2 aromatic rings. The van der Waals surface area contributed by atoms with Crippen LogP contribution in [0.3, 0.4) is 0 Å². The predicted octanol–water partition coefficient (Wildman–Crippen LogP) is 4.04. The Balaban J connectivity index is 2.19. The number of aromatic nitrogens is 2. The van der Waals surface area contributed by atoms with Gasteiger partial charge in [0.05, 0.1) is 23.8 Å². The third-order valence-corrected chi connectivity index (χ3v) is 4.01. The highest BCUT2D eigenvalue weighted by Crippen LogP contribution is 2.31. The number of nitro benzene ring substituents is 1. The van der Waals surface area contributed by atoms with Crippen LogP contribution < -0.4 is 9.47 Å². The third kappa shape index (κ3) is 5.07. The van der Waals surface area contributed by atoms with Gasteiger partial charge in [0.15, 0.2) is 0 Å². The van der Waals surface area contributed by atoms with E-state index in [1.807, 2.05) is 13.8 Å². The van der Waals surface area contributed by atoms with Crippen LogP contribution in [0, 0.1) is 23.0 Å². The fourth-order valence-electron chi connectivity index (χ4n) is 2.37. The molecule has 8 nitrogen and oxygen atoms in total. The Kier molecular flexibility index (Phi) is 6.57. The molecular formula is C18H20ClN3O5. The largest absolute Gasteiger partial charge is 0.496 e. The van der Waals surface area contributed by atoms with Crippen molar-refractivity contribution in [3.63, 3.8) is 0 Å². The fourth-order valence-corrected chi connectivity index (χ4v) is 2.68. The molecule has 27 heavy (non-hydrogen) atoms. The zero-order valence-electron chi connectivity index (χ0n) is 15.4. The Morgan fingerprint density at radius 1 is 1.44 bits per heavy atom. The number of carbonyl (C=O) groups excluding carboxylic acids is 1. The summed E-state index contributed by atoms with van der Waals surface area (Å²) in [6, 6.07) is 3.96. The number of nitro groups is 1. The molecule has 0 radical (unpaired) electrons. The van der Waals surface area contributed by atoms with E-state index in [4.69, 9.17) is 21.1 Å². The maximum atomic E-state index is 12.1. The number of methoxy groups -OCH3 is 1. The van der Waals surface area contributed by atoms with Crippen LogP contribution in [0.25, 0.3) is 6.08 Å². The second-order valence-electron chi connectivity index (χ2n) is 6.21. The molecule has 0 aliphatic carbocycles. The molecule has 0 amide bonds. The molecule has 0 aliphatic rings. The molecule has 0 aliphatic heterocycles. The molecule has 0 bridgehead atoms. The minimum absolute atomic E-state index is 0.172. The number of nitrogens with zero attached hydrogens (tertiary/aromatic N) is 3. The van der Waals surface area contributed by atoms with E-state index in [2.05, 4.69) is 5.10 Å². The summed E-state index contributed by atoms with van der Waals surface area (Å²) in [6.07, 6.45) is 2.64. The standard InChI is InChI=1S/C18H20ClN3O5/c1-11(2)10-21-18(19)14(12(3)20-21)6-8-17(23)27-16-7-5-13(26-4)9-15(16)22(24)25/h5-9,11H,10H2,1-4H3.